The number of phosphoric acid groups is 1. The van der Waals surface area contributed by atoms with Gasteiger partial charge in [-0.15, -0.1) is 0 Å². The zero-order valence-electron chi connectivity index (χ0n) is 40.0. The van der Waals surface area contributed by atoms with Gasteiger partial charge >= 0.3 is 7.82 Å². The van der Waals surface area contributed by atoms with Gasteiger partial charge in [-0.1, -0.05) is 231 Å². The molecular weight excluding hydrogens is 756 g/mol. The summed E-state index contributed by atoms with van der Waals surface area (Å²) < 4.78 is 23.6. The maximum absolute atomic E-state index is 12.9. The molecule has 0 aromatic carbocycles. The summed E-state index contributed by atoms with van der Waals surface area (Å²) in [4.78, 5) is 23.2. The van der Waals surface area contributed by atoms with Gasteiger partial charge in [0.05, 0.1) is 39.9 Å². The van der Waals surface area contributed by atoms with Crippen molar-refractivity contribution in [3.8, 4) is 0 Å². The van der Waals surface area contributed by atoms with Gasteiger partial charge in [0.1, 0.15) is 13.2 Å². The van der Waals surface area contributed by atoms with E-state index in [4.69, 9.17) is 9.05 Å². The summed E-state index contributed by atoms with van der Waals surface area (Å²) >= 11 is 0. The number of nitrogens with zero attached hydrogens (tertiary/aromatic N) is 1. The number of unbranched alkanes of at least 4 members (excludes halogenated alkanes) is 33. The van der Waals surface area contributed by atoms with E-state index in [9.17, 15) is 19.4 Å². The fourth-order valence-corrected chi connectivity index (χ4v) is 8.42. The van der Waals surface area contributed by atoms with Crippen LogP contribution in [0.2, 0.25) is 0 Å². The third-order valence-electron chi connectivity index (χ3n) is 11.8. The quantitative estimate of drug-likeness (QED) is 0.0244. The van der Waals surface area contributed by atoms with Crippen LogP contribution in [-0.4, -0.2) is 73.4 Å². The minimum atomic E-state index is -4.33. The topological polar surface area (TPSA) is 105 Å². The normalized spacial score (nSPS) is 14.2. The van der Waals surface area contributed by atoms with Crippen molar-refractivity contribution in [3.63, 3.8) is 0 Å². The highest BCUT2D eigenvalue weighted by Crippen LogP contribution is 2.43. The highest BCUT2D eigenvalue weighted by atomic mass is 31.2. The van der Waals surface area contributed by atoms with Crippen LogP contribution in [0.3, 0.4) is 0 Å². The summed E-state index contributed by atoms with van der Waals surface area (Å²) in [6, 6.07) is -0.804. The molecule has 3 N–H and O–H groups in total. The molecule has 0 spiro atoms. The van der Waals surface area contributed by atoms with Crippen molar-refractivity contribution < 1.29 is 32.9 Å². The van der Waals surface area contributed by atoms with Crippen LogP contribution in [0.4, 0.5) is 0 Å². The maximum Gasteiger partial charge on any atom is 0.472 e. The second-order valence-electron chi connectivity index (χ2n) is 18.9. The molecule has 0 saturated carbocycles. The Kier molecular flexibility index (Phi) is 42.0. The van der Waals surface area contributed by atoms with Gasteiger partial charge in [-0.25, -0.2) is 4.57 Å². The molecule has 0 rings (SSSR count). The standard InChI is InChI=1S/C50H101N2O6P/c1-6-8-10-12-14-16-18-20-21-22-23-24-25-26-27-28-29-30-32-34-36-38-40-42-44-50(54)51-48(47-58-59(55,56)57-46-45-52(3,4)5)49(53)43-41-39-37-35-33-31-19-17-15-13-11-9-7-2/h39,41,48-49,53H,6-38,40,42-47H2,1-5H3,(H-,51,54,55,56)/p+1/t48-,49+/m0/s1. The summed E-state index contributed by atoms with van der Waals surface area (Å²) in [5.41, 5.74) is 0. The molecule has 0 bridgehead atoms. The molecule has 1 amide bonds. The van der Waals surface area contributed by atoms with Gasteiger partial charge in [0, 0.05) is 6.42 Å². The third-order valence-corrected chi connectivity index (χ3v) is 12.8. The SMILES string of the molecule is CCCCCCCCCCCCC=CC[C@@H](O)[C@H](COP(=O)(O)OCC[N+](C)(C)C)NC(=O)CCCCCCCCCCCCCCCCCCCCCCCCCC. The van der Waals surface area contributed by atoms with Crippen molar-refractivity contribution in [3.05, 3.63) is 12.2 Å². The van der Waals surface area contributed by atoms with E-state index < -0.39 is 20.0 Å². The summed E-state index contributed by atoms with van der Waals surface area (Å²) in [6.07, 6.45) is 49.9. The van der Waals surface area contributed by atoms with Crippen LogP contribution in [0.1, 0.15) is 251 Å². The molecule has 8 nitrogen and oxygen atoms in total. The largest absolute Gasteiger partial charge is 0.472 e. The molecule has 0 aliphatic heterocycles. The maximum atomic E-state index is 12.9. The fraction of sp³-hybridized carbons (Fsp3) is 0.940. The molecule has 0 aromatic heterocycles. The second kappa shape index (κ2) is 42.5. The number of phosphoric ester groups is 1. The lowest BCUT2D eigenvalue weighted by Crippen LogP contribution is -2.46. The van der Waals surface area contributed by atoms with E-state index in [1.807, 2.05) is 27.2 Å². The predicted octanol–water partition coefficient (Wildman–Crippen LogP) is 14.7. The Labute approximate surface area is 367 Å². The highest BCUT2D eigenvalue weighted by molar-refractivity contribution is 7.47. The number of rotatable bonds is 47. The van der Waals surface area contributed by atoms with Crippen LogP contribution >= 0.6 is 7.82 Å². The Morgan fingerprint density at radius 1 is 0.559 bits per heavy atom. The Balaban J connectivity index is 4.17. The average molecular weight is 858 g/mol. The number of carbonyl (C=O) groups is 1. The summed E-state index contributed by atoms with van der Waals surface area (Å²) in [7, 11) is 1.59. The van der Waals surface area contributed by atoms with Crippen LogP contribution in [-0.2, 0) is 18.4 Å². The van der Waals surface area contributed by atoms with E-state index in [2.05, 4.69) is 25.2 Å². The molecule has 59 heavy (non-hydrogen) atoms. The molecule has 9 heteroatoms. The average Bonchev–Trinajstić information content (AvgIpc) is 3.19. The van der Waals surface area contributed by atoms with Crippen molar-refractivity contribution in [2.24, 2.45) is 0 Å². The third kappa shape index (κ3) is 45.1. The monoisotopic (exact) mass is 858 g/mol. The van der Waals surface area contributed by atoms with Gasteiger partial charge in [0.25, 0.3) is 0 Å². The number of hydrogen-bond donors (Lipinski definition) is 3. The molecule has 0 aliphatic rings. The Morgan fingerprint density at radius 3 is 1.29 bits per heavy atom. The van der Waals surface area contributed by atoms with Crippen LogP contribution in [0.25, 0.3) is 0 Å². The van der Waals surface area contributed by atoms with Crippen LogP contribution < -0.4 is 5.32 Å². The molecule has 0 saturated heterocycles. The molecule has 1 unspecified atom stereocenters. The molecule has 0 radical (unpaired) electrons. The number of nitrogens with one attached hydrogen (secondary N) is 1. The van der Waals surface area contributed by atoms with Crippen LogP contribution in [0, 0.1) is 0 Å². The molecule has 352 valence electrons. The van der Waals surface area contributed by atoms with Crippen molar-refractivity contribution in [1.29, 1.82) is 0 Å². The first kappa shape index (κ1) is 58.2. The van der Waals surface area contributed by atoms with Gasteiger partial charge < -0.3 is 19.8 Å². The van der Waals surface area contributed by atoms with Gasteiger partial charge in [-0.3, -0.25) is 13.8 Å². The number of aliphatic hydroxyl groups is 1. The number of carbonyl (C=O) groups excluding carboxylic acids is 1. The second-order valence-corrected chi connectivity index (χ2v) is 20.4. The van der Waals surface area contributed by atoms with E-state index in [0.29, 0.717) is 23.9 Å². The summed E-state index contributed by atoms with van der Waals surface area (Å²) in [5.74, 6) is -0.162. The number of amides is 1. The molecule has 0 heterocycles. The van der Waals surface area contributed by atoms with Crippen LogP contribution in [0.15, 0.2) is 12.2 Å². The van der Waals surface area contributed by atoms with Crippen molar-refractivity contribution in [2.75, 3.05) is 40.9 Å². The lowest BCUT2D eigenvalue weighted by molar-refractivity contribution is -0.870. The van der Waals surface area contributed by atoms with E-state index in [1.54, 1.807) is 0 Å². The lowest BCUT2D eigenvalue weighted by atomic mass is 10.0. The van der Waals surface area contributed by atoms with E-state index in [-0.39, 0.29) is 19.1 Å². The van der Waals surface area contributed by atoms with Gasteiger partial charge in [-0.05, 0) is 25.7 Å². The molecule has 0 fully saturated rings. The van der Waals surface area contributed by atoms with Crippen molar-refractivity contribution >= 4 is 13.7 Å². The first-order chi connectivity index (χ1) is 28.5. The lowest BCUT2D eigenvalue weighted by Gasteiger charge is -2.26. The Morgan fingerprint density at radius 2 is 0.915 bits per heavy atom. The van der Waals surface area contributed by atoms with E-state index >= 15 is 0 Å². The minimum Gasteiger partial charge on any atom is -0.391 e. The van der Waals surface area contributed by atoms with E-state index in [0.717, 1.165) is 32.1 Å². The van der Waals surface area contributed by atoms with Gasteiger partial charge in [0.15, 0.2) is 0 Å². The predicted molar refractivity (Wildman–Crippen MR) is 254 cm³/mol. The highest BCUT2D eigenvalue weighted by Gasteiger charge is 2.28. The first-order valence-electron chi connectivity index (χ1n) is 25.6. The van der Waals surface area contributed by atoms with Crippen LogP contribution in [0.5, 0.6) is 0 Å². The van der Waals surface area contributed by atoms with Gasteiger partial charge in [-0.2, -0.15) is 0 Å². The van der Waals surface area contributed by atoms with Crippen molar-refractivity contribution in [1.82, 2.24) is 5.32 Å². The fourth-order valence-electron chi connectivity index (χ4n) is 7.68. The number of likely N-dealkylation sites (N-methyl/N-ethyl adjacent to an activating group) is 1. The molecular formula is C50H102N2O6P+. The van der Waals surface area contributed by atoms with Crippen molar-refractivity contribution in [2.45, 2.75) is 264 Å². The number of allylic oxidation sites excluding steroid dienone is 1. The molecule has 0 aliphatic carbocycles. The zero-order valence-corrected chi connectivity index (χ0v) is 40.9. The smallest absolute Gasteiger partial charge is 0.391 e. The number of aliphatic hydroxyl groups excluding tert-OH is 1. The number of hydrogen-bond acceptors (Lipinski definition) is 5. The Bertz CT molecular complexity index is 974. The summed E-state index contributed by atoms with van der Waals surface area (Å²) in [5, 5.41) is 13.9. The number of quaternary nitrogens is 1. The molecule has 0 aromatic rings. The van der Waals surface area contributed by atoms with Gasteiger partial charge in [0.2, 0.25) is 5.91 Å². The summed E-state index contributed by atoms with van der Waals surface area (Å²) in [6.45, 7) is 4.86. The molecule has 3 atom stereocenters. The minimum absolute atomic E-state index is 0.0676. The zero-order chi connectivity index (χ0) is 43.6. The van der Waals surface area contributed by atoms with E-state index in [1.165, 1.54) is 193 Å². The first-order valence-corrected chi connectivity index (χ1v) is 27.0. The Hall–Kier alpha value is -0.760.